The average molecular weight is 221 g/mol. The van der Waals surface area contributed by atoms with E-state index in [1.165, 1.54) is 12.8 Å². The molecule has 0 aromatic heterocycles. The van der Waals surface area contributed by atoms with Gasteiger partial charge in [0.05, 0.1) is 0 Å². The first-order chi connectivity index (χ1) is 7.66. The average Bonchev–Trinajstić information content (AvgIpc) is 2.29. The van der Waals surface area contributed by atoms with Crippen LogP contribution < -0.4 is 5.32 Å². The molecule has 1 aliphatic rings. The minimum Gasteiger partial charge on any atom is -0.310 e. The van der Waals surface area contributed by atoms with Crippen LogP contribution in [0.25, 0.3) is 0 Å². The van der Waals surface area contributed by atoms with Gasteiger partial charge in [-0.2, -0.15) is 0 Å². The summed E-state index contributed by atoms with van der Waals surface area (Å²) in [5, 5.41) is 3.46. The minimum absolute atomic E-state index is 0.103. The van der Waals surface area contributed by atoms with E-state index in [1.54, 1.807) is 12.1 Å². The van der Waals surface area contributed by atoms with E-state index >= 15 is 0 Å². The second-order valence-electron chi connectivity index (χ2n) is 4.98. The van der Waals surface area contributed by atoms with Gasteiger partial charge < -0.3 is 5.32 Å². The molecule has 1 aliphatic heterocycles. The first-order valence-corrected chi connectivity index (χ1v) is 6.20. The van der Waals surface area contributed by atoms with Gasteiger partial charge in [0.1, 0.15) is 5.82 Å². The molecule has 1 saturated heterocycles. The fourth-order valence-electron chi connectivity index (χ4n) is 2.31. The Hall–Kier alpha value is -0.890. The zero-order valence-corrected chi connectivity index (χ0v) is 10.1. The molecule has 1 nitrogen and oxygen atoms in total. The van der Waals surface area contributed by atoms with Crippen molar-refractivity contribution in [3.8, 4) is 0 Å². The van der Waals surface area contributed by atoms with Crippen molar-refractivity contribution in [3.05, 3.63) is 35.1 Å². The number of piperidine rings is 1. The Morgan fingerprint density at radius 1 is 1.25 bits per heavy atom. The summed E-state index contributed by atoms with van der Waals surface area (Å²) in [4.78, 5) is 0. The van der Waals surface area contributed by atoms with E-state index in [0.29, 0.717) is 12.0 Å². The molecule has 0 radical (unpaired) electrons. The largest absolute Gasteiger partial charge is 0.310 e. The second-order valence-corrected chi connectivity index (χ2v) is 4.98. The van der Waals surface area contributed by atoms with Crippen molar-refractivity contribution in [2.75, 3.05) is 6.54 Å². The fourth-order valence-corrected chi connectivity index (χ4v) is 2.31. The zero-order chi connectivity index (χ0) is 11.5. The summed E-state index contributed by atoms with van der Waals surface area (Å²) in [6.07, 6.45) is 3.61. The number of hydrogen-bond donors (Lipinski definition) is 1. The first-order valence-electron chi connectivity index (χ1n) is 6.20. The Kier molecular flexibility index (Phi) is 3.59. The number of halogens is 1. The maximum Gasteiger partial charge on any atom is 0.123 e. The molecule has 0 bridgehead atoms. The quantitative estimate of drug-likeness (QED) is 0.801. The number of nitrogens with one attached hydrogen (secondary N) is 1. The van der Waals surface area contributed by atoms with E-state index in [1.807, 2.05) is 0 Å². The van der Waals surface area contributed by atoms with Crippen LogP contribution in [0, 0.1) is 5.82 Å². The third-order valence-electron chi connectivity index (χ3n) is 3.32. The highest BCUT2D eigenvalue weighted by molar-refractivity contribution is 5.29. The van der Waals surface area contributed by atoms with Crippen LogP contribution in [0.4, 0.5) is 4.39 Å². The van der Waals surface area contributed by atoms with Gasteiger partial charge in [0.15, 0.2) is 0 Å². The van der Waals surface area contributed by atoms with E-state index in [9.17, 15) is 4.39 Å². The maximum atomic E-state index is 13.5. The van der Waals surface area contributed by atoms with Crippen molar-refractivity contribution in [2.24, 2.45) is 0 Å². The lowest BCUT2D eigenvalue weighted by Crippen LogP contribution is -2.26. The molecular weight excluding hydrogens is 201 g/mol. The smallest absolute Gasteiger partial charge is 0.123 e. The van der Waals surface area contributed by atoms with E-state index in [2.05, 4.69) is 25.2 Å². The normalized spacial score (nSPS) is 21.4. The summed E-state index contributed by atoms with van der Waals surface area (Å²) in [6, 6.07) is 5.82. The Labute approximate surface area is 97.1 Å². The van der Waals surface area contributed by atoms with Crippen LogP contribution in [-0.4, -0.2) is 6.54 Å². The maximum absolute atomic E-state index is 13.5. The van der Waals surface area contributed by atoms with Crippen LogP contribution >= 0.6 is 0 Å². The summed E-state index contributed by atoms with van der Waals surface area (Å²) in [5.74, 6) is 0.284. The molecule has 2 heteroatoms. The van der Waals surface area contributed by atoms with Gasteiger partial charge in [-0.15, -0.1) is 0 Å². The van der Waals surface area contributed by atoms with Crippen LogP contribution in [0.15, 0.2) is 18.2 Å². The summed E-state index contributed by atoms with van der Waals surface area (Å²) in [5.41, 5.74) is 2.21. The van der Waals surface area contributed by atoms with Crippen molar-refractivity contribution in [2.45, 2.75) is 45.1 Å². The lowest BCUT2D eigenvalue weighted by molar-refractivity contribution is 0.410. The molecule has 1 N–H and O–H groups in total. The molecule has 0 saturated carbocycles. The van der Waals surface area contributed by atoms with Crippen LogP contribution in [0.1, 0.15) is 56.2 Å². The lowest BCUT2D eigenvalue weighted by atomic mass is 9.93. The molecule has 1 atom stereocenters. The first kappa shape index (κ1) is 11.6. The van der Waals surface area contributed by atoms with Gasteiger partial charge in [-0.3, -0.25) is 0 Å². The summed E-state index contributed by atoms with van der Waals surface area (Å²) in [6.45, 7) is 5.26. The predicted octanol–water partition coefficient (Wildman–Crippen LogP) is 3.76. The molecule has 0 spiro atoms. The zero-order valence-electron chi connectivity index (χ0n) is 10.1. The van der Waals surface area contributed by atoms with Crippen molar-refractivity contribution in [3.63, 3.8) is 0 Å². The highest BCUT2D eigenvalue weighted by Gasteiger charge is 2.16. The minimum atomic E-state index is -0.103. The lowest BCUT2D eigenvalue weighted by Gasteiger charge is -2.24. The van der Waals surface area contributed by atoms with Crippen molar-refractivity contribution >= 4 is 0 Å². The standard InChI is InChI=1S/C14H20FN/c1-10(2)11-7-12(9-13(15)8-11)14-5-3-4-6-16-14/h7-10,14,16H,3-6H2,1-2H3. The molecule has 0 amide bonds. The van der Waals surface area contributed by atoms with Crippen LogP contribution in [0.2, 0.25) is 0 Å². The van der Waals surface area contributed by atoms with Crippen molar-refractivity contribution in [1.29, 1.82) is 0 Å². The Bertz CT molecular complexity index is 354. The molecule has 1 fully saturated rings. The van der Waals surface area contributed by atoms with Crippen molar-refractivity contribution < 1.29 is 4.39 Å². The number of hydrogen-bond acceptors (Lipinski definition) is 1. The molecular formula is C14H20FN. The van der Waals surface area contributed by atoms with Gasteiger partial charge >= 0.3 is 0 Å². The highest BCUT2D eigenvalue weighted by atomic mass is 19.1. The van der Waals surface area contributed by atoms with Crippen LogP contribution in [0.5, 0.6) is 0 Å². The SMILES string of the molecule is CC(C)c1cc(F)cc(C2CCCCN2)c1. The Balaban J connectivity index is 2.25. The Morgan fingerprint density at radius 2 is 2.06 bits per heavy atom. The van der Waals surface area contributed by atoms with E-state index in [0.717, 1.165) is 24.1 Å². The fraction of sp³-hybridized carbons (Fsp3) is 0.571. The predicted molar refractivity (Wildman–Crippen MR) is 65.1 cm³/mol. The van der Waals surface area contributed by atoms with Crippen LogP contribution in [0.3, 0.4) is 0 Å². The van der Waals surface area contributed by atoms with E-state index in [-0.39, 0.29) is 5.82 Å². The molecule has 1 aromatic carbocycles. The summed E-state index contributed by atoms with van der Waals surface area (Å²) >= 11 is 0. The second kappa shape index (κ2) is 4.96. The molecule has 88 valence electrons. The topological polar surface area (TPSA) is 12.0 Å². The summed E-state index contributed by atoms with van der Waals surface area (Å²) < 4.78 is 13.5. The molecule has 1 heterocycles. The molecule has 0 aliphatic carbocycles. The van der Waals surface area contributed by atoms with Gasteiger partial charge in [-0.05, 0) is 48.6 Å². The van der Waals surface area contributed by atoms with Gasteiger partial charge in [0, 0.05) is 6.04 Å². The summed E-state index contributed by atoms with van der Waals surface area (Å²) in [7, 11) is 0. The number of benzene rings is 1. The molecule has 2 rings (SSSR count). The molecule has 1 unspecified atom stereocenters. The van der Waals surface area contributed by atoms with Gasteiger partial charge in [0.25, 0.3) is 0 Å². The molecule has 1 aromatic rings. The van der Waals surface area contributed by atoms with Gasteiger partial charge in [-0.1, -0.05) is 26.3 Å². The third-order valence-corrected chi connectivity index (χ3v) is 3.32. The van der Waals surface area contributed by atoms with Crippen molar-refractivity contribution in [1.82, 2.24) is 5.32 Å². The van der Waals surface area contributed by atoms with E-state index in [4.69, 9.17) is 0 Å². The highest BCUT2D eigenvalue weighted by Crippen LogP contribution is 2.26. The van der Waals surface area contributed by atoms with Gasteiger partial charge in [-0.25, -0.2) is 4.39 Å². The third kappa shape index (κ3) is 2.62. The number of rotatable bonds is 2. The van der Waals surface area contributed by atoms with Crippen LogP contribution in [-0.2, 0) is 0 Å². The van der Waals surface area contributed by atoms with Gasteiger partial charge in [0.2, 0.25) is 0 Å². The Morgan fingerprint density at radius 3 is 2.69 bits per heavy atom. The molecule has 16 heavy (non-hydrogen) atoms. The van der Waals surface area contributed by atoms with E-state index < -0.39 is 0 Å². The monoisotopic (exact) mass is 221 g/mol.